The van der Waals surface area contributed by atoms with E-state index in [1.165, 1.54) is 6.07 Å². The summed E-state index contributed by atoms with van der Waals surface area (Å²) in [6, 6.07) is 13.2. The third-order valence-corrected chi connectivity index (χ3v) is 6.11. The van der Waals surface area contributed by atoms with E-state index in [1.807, 2.05) is 31.2 Å². The molecule has 0 spiro atoms. The Bertz CT molecular complexity index is 1060. The third kappa shape index (κ3) is 4.01. The summed E-state index contributed by atoms with van der Waals surface area (Å²) in [6.07, 6.45) is 2.99. The molecule has 1 N–H and O–H groups in total. The fraction of sp³-hybridized carbons (Fsp3) is 0.385. The first-order valence-corrected chi connectivity index (χ1v) is 11.0. The molecule has 0 saturated carbocycles. The highest BCUT2D eigenvalue weighted by molar-refractivity contribution is 6.06. The normalized spacial score (nSPS) is 19.9. The lowest BCUT2D eigenvalue weighted by atomic mass is 9.73. The number of allylic oxidation sites excluding steroid dienone is 1. The van der Waals surface area contributed by atoms with E-state index in [0.717, 1.165) is 24.2 Å². The molecule has 1 atom stereocenters. The number of halogens is 1. The Hall–Kier alpha value is -2.95. The first kappa shape index (κ1) is 21.3. The summed E-state index contributed by atoms with van der Waals surface area (Å²) in [5, 5.41) is 3.45. The van der Waals surface area contributed by atoms with Crippen LogP contribution in [-0.2, 0) is 9.59 Å². The fourth-order valence-corrected chi connectivity index (χ4v) is 4.70. The largest absolute Gasteiger partial charge is 0.357 e. The number of carbonyl (C=O) groups excluding carboxylic acids is 2. The van der Waals surface area contributed by atoms with Gasteiger partial charge in [0.25, 0.3) is 0 Å². The maximum absolute atomic E-state index is 15.1. The molecule has 1 heterocycles. The second-order valence-corrected chi connectivity index (χ2v) is 9.27. The van der Waals surface area contributed by atoms with Crippen molar-refractivity contribution in [2.75, 3.05) is 10.2 Å². The SMILES string of the molecule is CCCCC(=O)N1c2ccccc2NC2=C(C(=O)CC(C)(C)C2)C1c1ccccc1F. The molecule has 4 nitrogen and oxygen atoms in total. The molecule has 5 heteroatoms. The average molecular weight is 421 g/mol. The van der Waals surface area contributed by atoms with E-state index in [0.29, 0.717) is 36.1 Å². The summed E-state index contributed by atoms with van der Waals surface area (Å²) in [7, 11) is 0. The summed E-state index contributed by atoms with van der Waals surface area (Å²) in [6.45, 7) is 6.16. The number of benzene rings is 2. The van der Waals surface area contributed by atoms with Crippen molar-refractivity contribution in [2.24, 2.45) is 5.41 Å². The Morgan fingerprint density at radius 2 is 1.84 bits per heavy atom. The van der Waals surface area contributed by atoms with E-state index in [4.69, 9.17) is 0 Å². The summed E-state index contributed by atoms with van der Waals surface area (Å²) in [5.74, 6) is -0.548. The molecule has 1 aliphatic heterocycles. The van der Waals surface area contributed by atoms with Gasteiger partial charge in [-0.25, -0.2) is 4.39 Å². The van der Waals surface area contributed by atoms with Crippen molar-refractivity contribution in [2.45, 2.75) is 58.9 Å². The van der Waals surface area contributed by atoms with Gasteiger partial charge in [-0.05, 0) is 36.5 Å². The number of para-hydroxylation sites is 2. The van der Waals surface area contributed by atoms with Crippen molar-refractivity contribution < 1.29 is 14.0 Å². The zero-order valence-corrected chi connectivity index (χ0v) is 18.4. The molecule has 2 aliphatic rings. The summed E-state index contributed by atoms with van der Waals surface area (Å²) in [5.41, 5.74) is 2.88. The highest BCUT2D eigenvalue weighted by Gasteiger charge is 2.43. The number of ketones is 1. The van der Waals surface area contributed by atoms with Gasteiger partial charge in [0.05, 0.1) is 17.4 Å². The third-order valence-electron chi connectivity index (χ3n) is 6.11. The lowest BCUT2D eigenvalue weighted by molar-refractivity contribution is -0.119. The van der Waals surface area contributed by atoms with Crippen LogP contribution in [-0.4, -0.2) is 11.7 Å². The van der Waals surface area contributed by atoms with Gasteiger partial charge in [0.1, 0.15) is 5.82 Å². The number of hydrogen-bond acceptors (Lipinski definition) is 3. The Morgan fingerprint density at radius 3 is 2.58 bits per heavy atom. The molecule has 1 amide bonds. The number of rotatable bonds is 4. The predicted octanol–water partition coefficient (Wildman–Crippen LogP) is 6.16. The van der Waals surface area contributed by atoms with Crippen molar-refractivity contribution in [1.82, 2.24) is 0 Å². The molecule has 31 heavy (non-hydrogen) atoms. The number of nitrogens with zero attached hydrogens (tertiary/aromatic N) is 1. The maximum Gasteiger partial charge on any atom is 0.227 e. The van der Waals surface area contributed by atoms with Gasteiger partial charge in [0.2, 0.25) is 5.91 Å². The molecule has 2 aromatic rings. The highest BCUT2D eigenvalue weighted by atomic mass is 19.1. The first-order chi connectivity index (χ1) is 14.8. The molecular formula is C26H29FN2O2. The molecule has 162 valence electrons. The second-order valence-electron chi connectivity index (χ2n) is 9.27. The van der Waals surface area contributed by atoms with Gasteiger partial charge >= 0.3 is 0 Å². The molecule has 0 saturated heterocycles. The molecule has 1 unspecified atom stereocenters. The van der Waals surface area contributed by atoms with Crippen molar-refractivity contribution in [1.29, 1.82) is 0 Å². The number of carbonyl (C=O) groups is 2. The molecule has 0 radical (unpaired) electrons. The molecule has 0 aromatic heterocycles. The van der Waals surface area contributed by atoms with Crippen LogP contribution < -0.4 is 10.2 Å². The summed E-state index contributed by atoms with van der Waals surface area (Å²) in [4.78, 5) is 28.6. The monoisotopic (exact) mass is 420 g/mol. The Balaban J connectivity index is 1.99. The molecule has 1 aliphatic carbocycles. The highest BCUT2D eigenvalue weighted by Crippen LogP contribution is 2.48. The summed E-state index contributed by atoms with van der Waals surface area (Å²) >= 11 is 0. The quantitative estimate of drug-likeness (QED) is 0.644. The van der Waals surface area contributed by atoms with Crippen LogP contribution in [0, 0.1) is 11.2 Å². The van der Waals surface area contributed by atoms with E-state index >= 15 is 4.39 Å². The topological polar surface area (TPSA) is 49.4 Å². The van der Waals surface area contributed by atoms with Crippen molar-refractivity contribution in [3.8, 4) is 0 Å². The van der Waals surface area contributed by atoms with E-state index in [1.54, 1.807) is 23.1 Å². The standard InChI is InChI=1S/C26H29FN2O2/c1-4-5-14-23(31)29-21-13-9-8-12-19(21)28-20-15-26(2,3)16-22(30)24(20)25(29)17-10-6-7-11-18(17)27/h6-13,25,28H,4-5,14-16H2,1-3H3. The van der Waals surface area contributed by atoms with Gasteiger partial charge in [0.15, 0.2) is 5.78 Å². The fourth-order valence-electron chi connectivity index (χ4n) is 4.70. The average Bonchev–Trinajstić information content (AvgIpc) is 2.85. The zero-order valence-electron chi connectivity index (χ0n) is 18.4. The number of fused-ring (bicyclic) bond motifs is 1. The van der Waals surface area contributed by atoms with Gasteiger partial charge in [-0.1, -0.05) is 57.5 Å². The number of amides is 1. The zero-order chi connectivity index (χ0) is 22.2. The number of anilines is 2. The van der Waals surface area contributed by atoms with E-state index < -0.39 is 11.9 Å². The smallest absolute Gasteiger partial charge is 0.227 e. The lowest BCUT2D eigenvalue weighted by Gasteiger charge is -2.37. The van der Waals surface area contributed by atoms with Crippen LogP contribution in [0.15, 0.2) is 59.8 Å². The van der Waals surface area contributed by atoms with E-state index in [2.05, 4.69) is 19.2 Å². The number of unbranched alkanes of at least 4 members (excludes halogenated alkanes) is 1. The maximum atomic E-state index is 15.1. The lowest BCUT2D eigenvalue weighted by Crippen LogP contribution is -2.39. The van der Waals surface area contributed by atoms with Gasteiger partial charge in [0, 0.05) is 29.7 Å². The molecule has 0 bridgehead atoms. The van der Waals surface area contributed by atoms with Crippen LogP contribution in [0.5, 0.6) is 0 Å². The predicted molar refractivity (Wildman–Crippen MR) is 121 cm³/mol. The Morgan fingerprint density at radius 1 is 1.13 bits per heavy atom. The van der Waals surface area contributed by atoms with Crippen LogP contribution >= 0.6 is 0 Å². The minimum absolute atomic E-state index is 0.0342. The molecular weight excluding hydrogens is 391 g/mol. The second kappa shape index (κ2) is 8.29. The minimum atomic E-state index is -0.791. The van der Waals surface area contributed by atoms with Gasteiger partial charge < -0.3 is 5.32 Å². The minimum Gasteiger partial charge on any atom is -0.357 e. The molecule has 2 aromatic carbocycles. The van der Waals surface area contributed by atoms with Crippen LogP contribution in [0.2, 0.25) is 0 Å². The van der Waals surface area contributed by atoms with Crippen LogP contribution in [0.4, 0.5) is 15.8 Å². The van der Waals surface area contributed by atoms with Crippen molar-refractivity contribution in [3.05, 3.63) is 71.2 Å². The van der Waals surface area contributed by atoms with Crippen LogP contribution in [0.3, 0.4) is 0 Å². The van der Waals surface area contributed by atoms with Gasteiger partial charge in [-0.2, -0.15) is 0 Å². The van der Waals surface area contributed by atoms with Crippen molar-refractivity contribution in [3.63, 3.8) is 0 Å². The Labute approximate surface area is 183 Å². The molecule has 0 fully saturated rings. The number of nitrogens with one attached hydrogen (secondary N) is 1. The first-order valence-electron chi connectivity index (χ1n) is 11.0. The Kier molecular flexibility index (Phi) is 5.69. The van der Waals surface area contributed by atoms with Gasteiger partial charge in [-0.15, -0.1) is 0 Å². The van der Waals surface area contributed by atoms with Gasteiger partial charge in [-0.3, -0.25) is 14.5 Å². The number of Topliss-reactive ketones (excluding diaryl/α,β-unsaturated/α-hetero) is 1. The number of hydrogen-bond donors (Lipinski definition) is 1. The van der Waals surface area contributed by atoms with Crippen LogP contribution in [0.1, 0.15) is 64.5 Å². The summed E-state index contributed by atoms with van der Waals surface area (Å²) < 4.78 is 15.1. The van der Waals surface area contributed by atoms with Crippen LogP contribution in [0.25, 0.3) is 0 Å². The van der Waals surface area contributed by atoms with E-state index in [9.17, 15) is 9.59 Å². The molecule has 4 rings (SSSR count). The van der Waals surface area contributed by atoms with Crippen molar-refractivity contribution >= 4 is 23.1 Å². The van der Waals surface area contributed by atoms with E-state index in [-0.39, 0.29) is 17.1 Å².